The van der Waals surface area contributed by atoms with Crippen molar-refractivity contribution in [1.29, 1.82) is 0 Å². The van der Waals surface area contributed by atoms with E-state index in [1.165, 1.54) is 0 Å². The summed E-state index contributed by atoms with van der Waals surface area (Å²) in [7, 11) is 3.65. The molecule has 1 aromatic heterocycles. The SMILES string of the molecule is CNC(Cc1cc(Br)ccc1OC)c1coc(C)c1. The Morgan fingerprint density at radius 1 is 1.37 bits per heavy atom. The molecule has 1 unspecified atom stereocenters. The number of hydrogen-bond acceptors (Lipinski definition) is 3. The first-order chi connectivity index (χ1) is 9.13. The van der Waals surface area contributed by atoms with Crippen LogP contribution in [0.1, 0.15) is 22.9 Å². The Labute approximate surface area is 122 Å². The number of likely N-dealkylation sites (N-methyl/N-ethyl adjacent to an activating group) is 1. The van der Waals surface area contributed by atoms with Gasteiger partial charge in [0.2, 0.25) is 0 Å². The third-order valence-corrected chi connectivity index (χ3v) is 3.66. The number of hydrogen-bond donors (Lipinski definition) is 1. The maximum absolute atomic E-state index is 5.41. The van der Waals surface area contributed by atoms with Crippen molar-refractivity contribution in [1.82, 2.24) is 5.32 Å². The Morgan fingerprint density at radius 2 is 2.16 bits per heavy atom. The molecule has 0 aliphatic rings. The van der Waals surface area contributed by atoms with Gasteiger partial charge in [0.05, 0.1) is 13.4 Å². The third kappa shape index (κ3) is 3.39. The maximum atomic E-state index is 5.41. The highest BCUT2D eigenvalue weighted by Crippen LogP contribution is 2.28. The Bertz CT molecular complexity index is 551. The highest BCUT2D eigenvalue weighted by Gasteiger charge is 2.15. The van der Waals surface area contributed by atoms with Gasteiger partial charge >= 0.3 is 0 Å². The normalized spacial score (nSPS) is 12.4. The highest BCUT2D eigenvalue weighted by atomic mass is 79.9. The average molecular weight is 324 g/mol. The van der Waals surface area contributed by atoms with Crippen LogP contribution >= 0.6 is 15.9 Å². The summed E-state index contributed by atoms with van der Waals surface area (Å²) in [5, 5.41) is 3.32. The molecule has 102 valence electrons. The number of ether oxygens (including phenoxy) is 1. The Kier molecular flexibility index (Phi) is 4.66. The van der Waals surface area contributed by atoms with Gasteiger partial charge in [-0.3, -0.25) is 0 Å². The second-order valence-corrected chi connectivity index (χ2v) is 5.41. The molecule has 0 bridgehead atoms. The molecular formula is C15H18BrNO2. The first kappa shape index (κ1) is 14.2. The van der Waals surface area contributed by atoms with Crippen molar-refractivity contribution in [2.24, 2.45) is 0 Å². The van der Waals surface area contributed by atoms with Crippen LogP contribution in [0.4, 0.5) is 0 Å². The van der Waals surface area contributed by atoms with E-state index in [4.69, 9.17) is 9.15 Å². The first-order valence-electron chi connectivity index (χ1n) is 6.18. The molecule has 1 atom stereocenters. The largest absolute Gasteiger partial charge is 0.496 e. The minimum atomic E-state index is 0.209. The lowest BCUT2D eigenvalue weighted by Gasteiger charge is -2.16. The molecule has 0 fully saturated rings. The number of rotatable bonds is 5. The van der Waals surface area contributed by atoms with E-state index in [2.05, 4.69) is 33.4 Å². The van der Waals surface area contributed by atoms with Crippen LogP contribution in [-0.2, 0) is 6.42 Å². The van der Waals surface area contributed by atoms with Crippen LogP contribution in [0.15, 0.2) is 39.4 Å². The van der Waals surface area contributed by atoms with Gasteiger partial charge in [-0.1, -0.05) is 15.9 Å². The zero-order chi connectivity index (χ0) is 13.8. The fourth-order valence-electron chi connectivity index (χ4n) is 2.16. The Balaban J connectivity index is 2.25. The molecule has 0 aliphatic carbocycles. The van der Waals surface area contributed by atoms with Gasteiger partial charge in [-0.15, -0.1) is 0 Å². The van der Waals surface area contributed by atoms with Gasteiger partial charge < -0.3 is 14.5 Å². The molecule has 0 aliphatic heterocycles. The van der Waals surface area contributed by atoms with E-state index < -0.39 is 0 Å². The zero-order valence-corrected chi connectivity index (χ0v) is 13.0. The number of furan rings is 1. The van der Waals surface area contributed by atoms with E-state index in [1.807, 2.05) is 26.1 Å². The van der Waals surface area contributed by atoms with Gasteiger partial charge in [0.25, 0.3) is 0 Å². The number of nitrogens with one attached hydrogen (secondary N) is 1. The molecule has 0 amide bonds. The van der Waals surface area contributed by atoms with E-state index in [0.29, 0.717) is 0 Å². The van der Waals surface area contributed by atoms with Crippen molar-refractivity contribution in [2.45, 2.75) is 19.4 Å². The summed E-state index contributed by atoms with van der Waals surface area (Å²) < 4.78 is 11.9. The number of methoxy groups -OCH3 is 1. The molecule has 19 heavy (non-hydrogen) atoms. The monoisotopic (exact) mass is 323 g/mol. The van der Waals surface area contributed by atoms with Gasteiger partial charge in [0.15, 0.2) is 0 Å². The number of benzene rings is 1. The third-order valence-electron chi connectivity index (χ3n) is 3.17. The van der Waals surface area contributed by atoms with E-state index in [-0.39, 0.29) is 6.04 Å². The molecule has 2 aromatic rings. The fourth-order valence-corrected chi connectivity index (χ4v) is 2.57. The Hall–Kier alpha value is -1.26. The van der Waals surface area contributed by atoms with Crippen molar-refractivity contribution >= 4 is 15.9 Å². The Morgan fingerprint density at radius 3 is 2.74 bits per heavy atom. The van der Waals surface area contributed by atoms with Crippen molar-refractivity contribution in [2.75, 3.05) is 14.2 Å². The minimum absolute atomic E-state index is 0.209. The molecule has 0 saturated carbocycles. The molecule has 1 N–H and O–H groups in total. The molecule has 1 aromatic carbocycles. The van der Waals surface area contributed by atoms with Gasteiger partial charge in [-0.2, -0.15) is 0 Å². The zero-order valence-electron chi connectivity index (χ0n) is 11.4. The number of aryl methyl sites for hydroxylation is 1. The van der Waals surface area contributed by atoms with Crippen LogP contribution < -0.4 is 10.1 Å². The van der Waals surface area contributed by atoms with Crippen LogP contribution in [0.5, 0.6) is 5.75 Å². The fraction of sp³-hybridized carbons (Fsp3) is 0.333. The molecule has 3 nitrogen and oxygen atoms in total. The average Bonchev–Trinajstić information content (AvgIpc) is 2.82. The molecule has 0 radical (unpaired) electrons. The summed E-state index contributed by atoms with van der Waals surface area (Å²) in [5.74, 6) is 1.83. The summed E-state index contributed by atoms with van der Waals surface area (Å²) in [6.07, 6.45) is 2.65. The molecule has 0 spiro atoms. The predicted molar refractivity (Wildman–Crippen MR) is 79.6 cm³/mol. The van der Waals surface area contributed by atoms with Crippen LogP contribution in [0, 0.1) is 6.92 Å². The van der Waals surface area contributed by atoms with Crippen LogP contribution in [0.2, 0.25) is 0 Å². The second-order valence-electron chi connectivity index (χ2n) is 4.49. The summed E-state index contributed by atoms with van der Waals surface area (Å²) in [6.45, 7) is 1.95. The minimum Gasteiger partial charge on any atom is -0.496 e. The smallest absolute Gasteiger partial charge is 0.122 e. The summed E-state index contributed by atoms with van der Waals surface area (Å²) in [6, 6.07) is 8.33. The van der Waals surface area contributed by atoms with Crippen molar-refractivity contribution in [3.63, 3.8) is 0 Å². The van der Waals surface area contributed by atoms with E-state index in [9.17, 15) is 0 Å². The summed E-state index contributed by atoms with van der Waals surface area (Å²) in [4.78, 5) is 0. The number of halogens is 1. The molecule has 1 heterocycles. The summed E-state index contributed by atoms with van der Waals surface area (Å²) >= 11 is 3.50. The van der Waals surface area contributed by atoms with Crippen molar-refractivity contribution < 1.29 is 9.15 Å². The quantitative estimate of drug-likeness (QED) is 0.907. The molecule has 4 heteroatoms. The lowest BCUT2D eigenvalue weighted by molar-refractivity contribution is 0.406. The van der Waals surface area contributed by atoms with Crippen molar-refractivity contribution in [3.8, 4) is 5.75 Å². The van der Waals surface area contributed by atoms with Gasteiger partial charge in [0.1, 0.15) is 11.5 Å². The summed E-state index contributed by atoms with van der Waals surface area (Å²) in [5.41, 5.74) is 2.32. The second kappa shape index (κ2) is 6.26. The highest BCUT2D eigenvalue weighted by molar-refractivity contribution is 9.10. The van der Waals surface area contributed by atoms with Crippen LogP contribution in [0.25, 0.3) is 0 Å². The van der Waals surface area contributed by atoms with E-state index in [1.54, 1.807) is 13.4 Å². The van der Waals surface area contributed by atoms with Crippen molar-refractivity contribution in [3.05, 3.63) is 51.9 Å². The van der Waals surface area contributed by atoms with E-state index in [0.717, 1.165) is 33.5 Å². The topological polar surface area (TPSA) is 34.4 Å². The van der Waals surface area contributed by atoms with Gasteiger partial charge in [-0.05, 0) is 50.2 Å². The van der Waals surface area contributed by atoms with Crippen LogP contribution in [0.3, 0.4) is 0 Å². The molecule has 0 saturated heterocycles. The maximum Gasteiger partial charge on any atom is 0.122 e. The molecular weight excluding hydrogens is 306 g/mol. The van der Waals surface area contributed by atoms with Crippen LogP contribution in [-0.4, -0.2) is 14.2 Å². The predicted octanol–water partition coefficient (Wildman–Crippen LogP) is 3.86. The lowest BCUT2D eigenvalue weighted by Crippen LogP contribution is -2.18. The van der Waals surface area contributed by atoms with Gasteiger partial charge in [-0.25, -0.2) is 0 Å². The lowest BCUT2D eigenvalue weighted by atomic mass is 10.0. The molecule has 2 rings (SSSR count). The van der Waals surface area contributed by atoms with E-state index >= 15 is 0 Å². The van der Waals surface area contributed by atoms with Gasteiger partial charge in [0, 0.05) is 16.1 Å². The standard InChI is InChI=1S/C15H18BrNO2/c1-10-6-12(9-19-10)14(17-2)8-11-7-13(16)4-5-15(11)18-3/h4-7,9,14,17H,8H2,1-3H3. The first-order valence-corrected chi connectivity index (χ1v) is 6.98.